The van der Waals surface area contributed by atoms with Gasteiger partial charge in [-0.15, -0.1) is 11.3 Å². The Balaban J connectivity index is 2.15. The SMILES string of the molecule is NCC#Cc1ccsc1COc1cc([N+](=O)[O-])ccc1Cl. The van der Waals surface area contributed by atoms with Crippen LogP contribution in [0.2, 0.25) is 5.02 Å². The van der Waals surface area contributed by atoms with E-state index in [4.69, 9.17) is 22.1 Å². The van der Waals surface area contributed by atoms with Crippen LogP contribution in [0.1, 0.15) is 10.4 Å². The molecule has 1 aromatic carbocycles. The van der Waals surface area contributed by atoms with Crippen molar-refractivity contribution in [3.05, 3.63) is 55.2 Å². The maximum atomic E-state index is 10.7. The zero-order valence-electron chi connectivity index (χ0n) is 10.8. The van der Waals surface area contributed by atoms with Crippen molar-refractivity contribution in [2.45, 2.75) is 6.61 Å². The van der Waals surface area contributed by atoms with E-state index in [2.05, 4.69) is 11.8 Å². The van der Waals surface area contributed by atoms with Gasteiger partial charge in [0.1, 0.15) is 12.4 Å². The summed E-state index contributed by atoms with van der Waals surface area (Å²) in [5, 5.41) is 13.0. The number of rotatable bonds is 4. The first kappa shape index (κ1) is 15.3. The van der Waals surface area contributed by atoms with Gasteiger partial charge in [0.25, 0.3) is 5.69 Å². The topological polar surface area (TPSA) is 78.4 Å². The van der Waals surface area contributed by atoms with Crippen molar-refractivity contribution in [1.82, 2.24) is 0 Å². The van der Waals surface area contributed by atoms with E-state index in [0.717, 1.165) is 10.4 Å². The summed E-state index contributed by atoms with van der Waals surface area (Å²) in [6.45, 7) is 0.528. The molecular weight excluding hydrogens is 312 g/mol. The highest BCUT2D eigenvalue weighted by molar-refractivity contribution is 7.10. The molecule has 7 heteroatoms. The summed E-state index contributed by atoms with van der Waals surface area (Å²) in [5.41, 5.74) is 6.12. The molecule has 0 atom stereocenters. The number of halogens is 1. The molecule has 2 N–H and O–H groups in total. The quantitative estimate of drug-likeness (QED) is 0.532. The monoisotopic (exact) mass is 322 g/mol. The molecule has 0 aliphatic heterocycles. The number of nitrogens with two attached hydrogens (primary N) is 1. The fourth-order valence-corrected chi connectivity index (χ4v) is 2.48. The highest BCUT2D eigenvalue weighted by Crippen LogP contribution is 2.30. The molecule has 0 fully saturated rings. The molecule has 5 nitrogen and oxygen atoms in total. The first-order valence-electron chi connectivity index (χ1n) is 5.94. The fraction of sp³-hybridized carbons (Fsp3) is 0.143. The van der Waals surface area contributed by atoms with Crippen LogP contribution < -0.4 is 10.5 Å². The molecular formula is C14H11ClN2O3S. The number of nitro groups is 1. The van der Waals surface area contributed by atoms with E-state index in [1.165, 1.54) is 29.5 Å². The van der Waals surface area contributed by atoms with Crippen LogP contribution in [-0.2, 0) is 6.61 Å². The third kappa shape index (κ3) is 3.95. The van der Waals surface area contributed by atoms with Gasteiger partial charge in [0.05, 0.1) is 27.4 Å². The Morgan fingerprint density at radius 3 is 2.95 bits per heavy atom. The van der Waals surface area contributed by atoms with Crippen LogP contribution in [0.3, 0.4) is 0 Å². The highest BCUT2D eigenvalue weighted by Gasteiger charge is 2.12. The summed E-state index contributed by atoms with van der Waals surface area (Å²) in [6.07, 6.45) is 0. The lowest BCUT2D eigenvalue weighted by Crippen LogP contribution is -1.97. The van der Waals surface area contributed by atoms with Gasteiger partial charge >= 0.3 is 0 Å². The molecule has 2 aromatic rings. The summed E-state index contributed by atoms with van der Waals surface area (Å²) in [5.74, 6) is 6.00. The zero-order chi connectivity index (χ0) is 15.2. The van der Waals surface area contributed by atoms with Gasteiger partial charge in [-0.2, -0.15) is 0 Å². The van der Waals surface area contributed by atoms with Gasteiger partial charge < -0.3 is 10.5 Å². The summed E-state index contributed by atoms with van der Waals surface area (Å²) >= 11 is 7.47. The van der Waals surface area contributed by atoms with E-state index >= 15 is 0 Å². The van der Waals surface area contributed by atoms with E-state index in [9.17, 15) is 10.1 Å². The minimum absolute atomic E-state index is 0.0660. The average Bonchev–Trinajstić information content (AvgIpc) is 2.91. The Morgan fingerprint density at radius 1 is 1.43 bits per heavy atom. The van der Waals surface area contributed by atoms with Crippen LogP contribution in [0.15, 0.2) is 29.6 Å². The van der Waals surface area contributed by atoms with Crippen molar-refractivity contribution < 1.29 is 9.66 Å². The first-order chi connectivity index (χ1) is 10.1. The minimum atomic E-state index is -0.494. The Labute approximate surface area is 130 Å². The maximum Gasteiger partial charge on any atom is 0.273 e. The third-order valence-corrected chi connectivity index (χ3v) is 3.76. The Morgan fingerprint density at radius 2 is 2.24 bits per heavy atom. The Bertz CT molecular complexity index is 718. The number of hydrogen-bond donors (Lipinski definition) is 1. The third-order valence-electron chi connectivity index (χ3n) is 2.55. The van der Waals surface area contributed by atoms with Gasteiger partial charge in [0.15, 0.2) is 0 Å². The first-order valence-corrected chi connectivity index (χ1v) is 7.19. The second kappa shape index (κ2) is 7.09. The molecule has 0 radical (unpaired) electrons. The molecule has 0 bridgehead atoms. The van der Waals surface area contributed by atoms with Gasteiger partial charge in [-0.3, -0.25) is 10.1 Å². The molecule has 21 heavy (non-hydrogen) atoms. The number of hydrogen-bond acceptors (Lipinski definition) is 5. The van der Waals surface area contributed by atoms with E-state index in [-0.39, 0.29) is 24.6 Å². The normalized spacial score (nSPS) is 9.81. The second-order valence-corrected chi connectivity index (χ2v) is 5.33. The van der Waals surface area contributed by atoms with Gasteiger partial charge in [0.2, 0.25) is 0 Å². The summed E-state index contributed by atoms with van der Waals surface area (Å²) in [4.78, 5) is 11.2. The summed E-state index contributed by atoms with van der Waals surface area (Å²) in [7, 11) is 0. The lowest BCUT2D eigenvalue weighted by Gasteiger charge is -2.07. The molecule has 0 saturated heterocycles. The maximum absolute atomic E-state index is 10.7. The number of ether oxygens (including phenoxy) is 1. The van der Waals surface area contributed by atoms with Crippen molar-refractivity contribution in [2.75, 3.05) is 6.54 Å². The smallest absolute Gasteiger partial charge is 0.273 e. The lowest BCUT2D eigenvalue weighted by atomic mass is 10.2. The van der Waals surface area contributed by atoms with Gasteiger partial charge in [-0.25, -0.2) is 0 Å². The molecule has 0 unspecified atom stereocenters. The minimum Gasteiger partial charge on any atom is -0.486 e. The van der Waals surface area contributed by atoms with Crippen LogP contribution >= 0.6 is 22.9 Å². The lowest BCUT2D eigenvalue weighted by molar-refractivity contribution is -0.384. The van der Waals surface area contributed by atoms with Crippen LogP contribution in [0.5, 0.6) is 5.75 Å². The van der Waals surface area contributed by atoms with Gasteiger partial charge in [-0.1, -0.05) is 23.4 Å². The number of nitro benzene ring substituents is 1. The molecule has 108 valence electrons. The standard InChI is InChI=1S/C14H11ClN2O3S/c15-12-4-3-11(17(18)19)8-13(12)20-9-14-10(2-1-6-16)5-7-21-14/h3-5,7-8H,6,9,16H2. The van der Waals surface area contributed by atoms with Gasteiger partial charge in [-0.05, 0) is 17.5 Å². The van der Waals surface area contributed by atoms with Crippen molar-refractivity contribution >= 4 is 28.6 Å². The number of benzene rings is 1. The molecule has 1 aromatic heterocycles. The molecule has 0 saturated carbocycles. The summed E-state index contributed by atoms with van der Waals surface area (Å²) < 4.78 is 5.57. The fourth-order valence-electron chi connectivity index (χ4n) is 1.57. The zero-order valence-corrected chi connectivity index (χ0v) is 12.4. The molecule has 0 aliphatic carbocycles. The number of thiophene rings is 1. The number of nitrogens with zero attached hydrogens (tertiary/aromatic N) is 1. The molecule has 0 aliphatic rings. The Kier molecular flexibility index (Phi) is 5.17. The van der Waals surface area contributed by atoms with Crippen LogP contribution in [0.25, 0.3) is 0 Å². The average molecular weight is 323 g/mol. The summed E-state index contributed by atoms with van der Waals surface area (Å²) in [6, 6.07) is 5.96. The van der Waals surface area contributed by atoms with E-state index in [0.29, 0.717) is 5.02 Å². The van der Waals surface area contributed by atoms with Crippen molar-refractivity contribution in [1.29, 1.82) is 0 Å². The largest absolute Gasteiger partial charge is 0.486 e. The predicted molar refractivity (Wildman–Crippen MR) is 82.7 cm³/mol. The molecule has 0 spiro atoms. The van der Waals surface area contributed by atoms with E-state index < -0.39 is 4.92 Å². The van der Waals surface area contributed by atoms with Crippen LogP contribution in [0, 0.1) is 22.0 Å². The van der Waals surface area contributed by atoms with E-state index in [1.807, 2.05) is 11.4 Å². The van der Waals surface area contributed by atoms with Gasteiger partial charge in [0, 0.05) is 11.6 Å². The highest BCUT2D eigenvalue weighted by atomic mass is 35.5. The predicted octanol–water partition coefficient (Wildman–Crippen LogP) is 3.20. The number of non-ortho nitro benzene ring substituents is 1. The second-order valence-electron chi connectivity index (χ2n) is 3.92. The molecule has 1 heterocycles. The van der Waals surface area contributed by atoms with Crippen molar-refractivity contribution in [3.63, 3.8) is 0 Å². The molecule has 2 rings (SSSR count). The van der Waals surface area contributed by atoms with Crippen LogP contribution in [0.4, 0.5) is 5.69 Å². The van der Waals surface area contributed by atoms with Crippen molar-refractivity contribution in [3.8, 4) is 17.6 Å². The Hall–Kier alpha value is -2.07. The van der Waals surface area contributed by atoms with E-state index in [1.54, 1.807) is 0 Å². The van der Waals surface area contributed by atoms with Crippen molar-refractivity contribution in [2.24, 2.45) is 5.73 Å². The van der Waals surface area contributed by atoms with Crippen LogP contribution in [-0.4, -0.2) is 11.5 Å². The molecule has 0 amide bonds.